The fourth-order valence-electron chi connectivity index (χ4n) is 3.98. The van der Waals surface area contributed by atoms with Gasteiger partial charge in [-0.25, -0.2) is 4.79 Å². The monoisotopic (exact) mass is 429 g/mol. The van der Waals surface area contributed by atoms with E-state index in [4.69, 9.17) is 9.47 Å². The van der Waals surface area contributed by atoms with Crippen LogP contribution in [0.15, 0.2) is 72.3 Å². The molecule has 0 aliphatic carbocycles. The van der Waals surface area contributed by atoms with E-state index in [-0.39, 0.29) is 18.5 Å². The highest BCUT2D eigenvalue weighted by Gasteiger charge is 2.21. The molecule has 5 nitrogen and oxygen atoms in total. The quantitative estimate of drug-likeness (QED) is 0.404. The van der Waals surface area contributed by atoms with Crippen LogP contribution in [0.3, 0.4) is 0 Å². The number of carbonyl (C=O) groups excluding carboxylic acids is 2. The molecule has 164 valence electrons. The lowest BCUT2D eigenvalue weighted by Crippen LogP contribution is -2.37. The normalized spacial score (nSPS) is 14.3. The van der Waals surface area contributed by atoms with Crippen LogP contribution < -0.4 is 4.74 Å². The summed E-state index contributed by atoms with van der Waals surface area (Å²) in [5.41, 5.74) is 1.89. The number of ether oxygens (including phenoxy) is 2. The number of benzene rings is 3. The second kappa shape index (κ2) is 10.1. The van der Waals surface area contributed by atoms with Gasteiger partial charge in [0.2, 0.25) is 0 Å². The van der Waals surface area contributed by atoms with Gasteiger partial charge in [0.15, 0.2) is 0 Å². The second-order valence-electron chi connectivity index (χ2n) is 7.90. The summed E-state index contributed by atoms with van der Waals surface area (Å²) in [6, 6.07) is 21.0. The topological polar surface area (TPSA) is 55.8 Å². The fourth-order valence-corrected chi connectivity index (χ4v) is 3.98. The summed E-state index contributed by atoms with van der Waals surface area (Å²) in [7, 11) is 1.36. The molecule has 0 spiro atoms. The molecule has 1 fully saturated rings. The number of likely N-dealkylation sites (tertiary alicyclic amines) is 1. The highest BCUT2D eigenvalue weighted by Crippen LogP contribution is 2.26. The zero-order chi connectivity index (χ0) is 22.3. The van der Waals surface area contributed by atoms with E-state index in [2.05, 4.69) is 0 Å². The number of rotatable bonds is 6. The van der Waals surface area contributed by atoms with Gasteiger partial charge in [-0.3, -0.25) is 4.79 Å². The van der Waals surface area contributed by atoms with Crippen LogP contribution in [0.2, 0.25) is 0 Å². The van der Waals surface area contributed by atoms with E-state index in [9.17, 15) is 9.59 Å². The predicted molar refractivity (Wildman–Crippen MR) is 126 cm³/mol. The van der Waals surface area contributed by atoms with Gasteiger partial charge in [0.1, 0.15) is 12.4 Å². The molecule has 3 aromatic carbocycles. The molecular weight excluding hydrogens is 402 g/mol. The first-order valence-electron chi connectivity index (χ1n) is 10.9. The number of piperidine rings is 1. The van der Waals surface area contributed by atoms with E-state index in [0.29, 0.717) is 11.1 Å². The lowest BCUT2D eigenvalue weighted by Gasteiger charge is -2.27. The van der Waals surface area contributed by atoms with Gasteiger partial charge in [0.05, 0.1) is 18.2 Å². The molecule has 1 aliphatic heterocycles. The number of hydrogen-bond acceptors (Lipinski definition) is 4. The lowest BCUT2D eigenvalue weighted by molar-refractivity contribution is -0.128. The van der Waals surface area contributed by atoms with Crippen LogP contribution in [-0.2, 0) is 9.53 Å². The van der Waals surface area contributed by atoms with E-state index in [1.165, 1.54) is 7.11 Å². The van der Waals surface area contributed by atoms with Crippen molar-refractivity contribution in [2.75, 3.05) is 26.8 Å². The largest absolute Gasteiger partial charge is 0.488 e. The molecule has 0 atom stereocenters. The summed E-state index contributed by atoms with van der Waals surface area (Å²) in [4.78, 5) is 26.9. The van der Waals surface area contributed by atoms with Crippen molar-refractivity contribution in [1.82, 2.24) is 4.90 Å². The van der Waals surface area contributed by atoms with E-state index in [1.54, 1.807) is 12.1 Å². The molecule has 5 heteroatoms. The molecule has 0 aromatic heterocycles. The SMILES string of the molecule is COC(=O)c1ccc(C=C(COc2cccc3ccccc23)C(=O)N2CCCCC2)cc1. The standard InChI is InChI=1S/C27H27NO4/c1-31-27(30)22-14-12-20(13-15-22)18-23(26(29)28-16-5-2-6-17-28)19-32-25-11-7-9-21-8-3-4-10-24(21)25/h3-4,7-15,18H,2,5-6,16-17,19H2,1H3. The zero-order valence-corrected chi connectivity index (χ0v) is 18.3. The molecule has 32 heavy (non-hydrogen) atoms. The van der Waals surface area contributed by atoms with E-state index in [1.807, 2.05) is 65.6 Å². The van der Waals surface area contributed by atoms with Gasteiger partial charge in [-0.15, -0.1) is 0 Å². The Morgan fingerprint density at radius 2 is 1.62 bits per heavy atom. The number of fused-ring (bicyclic) bond motifs is 1. The maximum atomic E-state index is 13.3. The highest BCUT2D eigenvalue weighted by atomic mass is 16.5. The van der Waals surface area contributed by atoms with Crippen LogP contribution in [-0.4, -0.2) is 43.6 Å². The van der Waals surface area contributed by atoms with Gasteiger partial charge in [-0.2, -0.15) is 0 Å². The molecule has 0 saturated carbocycles. The third-order valence-electron chi connectivity index (χ3n) is 5.72. The van der Waals surface area contributed by atoms with Crippen molar-refractivity contribution in [2.45, 2.75) is 19.3 Å². The van der Waals surface area contributed by atoms with Gasteiger partial charge >= 0.3 is 5.97 Å². The Morgan fingerprint density at radius 3 is 2.38 bits per heavy atom. The average Bonchev–Trinajstić information content (AvgIpc) is 2.86. The van der Waals surface area contributed by atoms with Crippen LogP contribution in [0.4, 0.5) is 0 Å². The van der Waals surface area contributed by atoms with Crippen LogP contribution in [0, 0.1) is 0 Å². The van der Waals surface area contributed by atoms with E-state index < -0.39 is 0 Å². The van der Waals surface area contributed by atoms with Crippen LogP contribution in [0.25, 0.3) is 16.8 Å². The summed E-state index contributed by atoms with van der Waals surface area (Å²) < 4.78 is 10.9. The minimum absolute atomic E-state index is 0.00183. The Labute approximate surface area is 188 Å². The number of nitrogens with zero attached hydrogens (tertiary/aromatic N) is 1. The summed E-state index contributed by atoms with van der Waals surface area (Å²) in [6.45, 7) is 1.71. The van der Waals surface area contributed by atoms with Crippen LogP contribution in [0.5, 0.6) is 5.75 Å². The van der Waals surface area contributed by atoms with E-state index >= 15 is 0 Å². The van der Waals surface area contributed by atoms with Gasteiger partial charge in [-0.1, -0.05) is 48.5 Å². The predicted octanol–water partition coefficient (Wildman–Crippen LogP) is 5.10. The Morgan fingerprint density at radius 1 is 0.906 bits per heavy atom. The summed E-state index contributed by atoms with van der Waals surface area (Å²) in [5.74, 6) is 0.368. The van der Waals surface area contributed by atoms with E-state index in [0.717, 1.165) is 54.4 Å². The Hall–Kier alpha value is -3.60. The first kappa shape index (κ1) is 21.6. The minimum atomic E-state index is -0.385. The first-order chi connectivity index (χ1) is 15.7. The van der Waals surface area contributed by atoms with Crippen molar-refractivity contribution in [2.24, 2.45) is 0 Å². The third kappa shape index (κ3) is 4.99. The van der Waals surface area contributed by atoms with Gasteiger partial charge in [0.25, 0.3) is 5.91 Å². The smallest absolute Gasteiger partial charge is 0.337 e. The highest BCUT2D eigenvalue weighted by molar-refractivity contribution is 5.98. The van der Waals surface area contributed by atoms with Crippen molar-refractivity contribution in [3.05, 3.63) is 83.4 Å². The molecule has 0 N–H and O–H groups in total. The third-order valence-corrected chi connectivity index (χ3v) is 5.72. The van der Waals surface area contributed by atoms with Gasteiger partial charge in [0, 0.05) is 18.5 Å². The average molecular weight is 430 g/mol. The molecule has 0 unspecified atom stereocenters. The van der Waals surface area contributed by atoms with Crippen molar-refractivity contribution < 1.29 is 19.1 Å². The molecular formula is C27H27NO4. The molecule has 1 aliphatic rings. The second-order valence-corrected chi connectivity index (χ2v) is 7.90. The lowest BCUT2D eigenvalue weighted by atomic mass is 10.1. The van der Waals surface area contributed by atoms with Crippen LogP contribution in [0.1, 0.15) is 35.2 Å². The molecule has 1 amide bonds. The van der Waals surface area contributed by atoms with Crippen molar-refractivity contribution in [3.8, 4) is 5.75 Å². The van der Waals surface area contributed by atoms with Gasteiger partial charge in [-0.05, 0) is 54.5 Å². The number of hydrogen-bond donors (Lipinski definition) is 0. The number of carbonyl (C=O) groups is 2. The Bertz CT molecular complexity index is 1120. The summed E-state index contributed by atoms with van der Waals surface area (Å²) in [6.07, 6.45) is 5.06. The van der Waals surface area contributed by atoms with Gasteiger partial charge < -0.3 is 14.4 Å². The maximum Gasteiger partial charge on any atom is 0.337 e. The molecule has 0 radical (unpaired) electrons. The van der Waals surface area contributed by atoms with Crippen molar-refractivity contribution in [3.63, 3.8) is 0 Å². The number of amides is 1. The minimum Gasteiger partial charge on any atom is -0.488 e. The molecule has 1 heterocycles. The molecule has 1 saturated heterocycles. The van der Waals surface area contributed by atoms with Crippen molar-refractivity contribution in [1.29, 1.82) is 0 Å². The first-order valence-corrected chi connectivity index (χ1v) is 10.9. The summed E-state index contributed by atoms with van der Waals surface area (Å²) >= 11 is 0. The maximum absolute atomic E-state index is 13.3. The molecule has 3 aromatic rings. The summed E-state index contributed by atoms with van der Waals surface area (Å²) in [5, 5.41) is 2.11. The molecule has 0 bridgehead atoms. The number of methoxy groups -OCH3 is 1. The van der Waals surface area contributed by atoms with Crippen LogP contribution >= 0.6 is 0 Å². The Balaban J connectivity index is 1.60. The fraction of sp³-hybridized carbons (Fsp3) is 0.259. The van der Waals surface area contributed by atoms with Crippen molar-refractivity contribution >= 4 is 28.7 Å². The molecule has 4 rings (SSSR count). The number of esters is 1. The zero-order valence-electron chi connectivity index (χ0n) is 18.3. The Kier molecular flexibility index (Phi) is 6.85.